The standard InChI is InChI=1S/CH2O3.4H2N.Pd/c2-1(3)4;;;;;/h(H2,2,3,4);4*1H2;/q;4*-1;+4. The van der Waals surface area contributed by atoms with E-state index >= 15 is 0 Å². The van der Waals surface area contributed by atoms with Gasteiger partial charge < -0.3 is 10.2 Å². The van der Waals surface area contributed by atoms with Crippen molar-refractivity contribution in [1.82, 2.24) is 0 Å². The summed E-state index contributed by atoms with van der Waals surface area (Å²) in [6.07, 6.45) is -1.83. The quantitative estimate of drug-likeness (QED) is 0.260. The third-order valence-electron chi connectivity index (χ3n) is 0. The van der Waals surface area contributed by atoms with Gasteiger partial charge in [0.25, 0.3) is 0 Å². The van der Waals surface area contributed by atoms with Crippen molar-refractivity contribution in [3.63, 3.8) is 0 Å². The van der Waals surface area contributed by atoms with Gasteiger partial charge in [0, 0.05) is 0 Å². The maximum atomic E-state index is 8.56. The van der Waals surface area contributed by atoms with Crippen LogP contribution in [0.5, 0.6) is 0 Å². The Morgan fingerprint density at radius 3 is 1.11 bits per heavy atom. The summed E-state index contributed by atoms with van der Waals surface area (Å²) in [6, 6.07) is 0. The summed E-state index contributed by atoms with van der Waals surface area (Å²) in [7, 11) is 0. The van der Waals surface area contributed by atoms with Crippen molar-refractivity contribution in [2.75, 3.05) is 0 Å². The van der Waals surface area contributed by atoms with Crippen LogP contribution in [0.15, 0.2) is 0 Å². The van der Waals surface area contributed by atoms with E-state index < -0.39 is 22.7 Å². The normalized spacial score (nSPS) is 11.1. The van der Waals surface area contributed by atoms with Crippen LogP contribution >= 0.6 is 0 Å². The summed E-state index contributed by atoms with van der Waals surface area (Å²) in [5.74, 6) is 0. The van der Waals surface area contributed by atoms with E-state index in [0.717, 1.165) is 0 Å². The van der Waals surface area contributed by atoms with Gasteiger partial charge in [0.05, 0.1) is 0 Å². The summed E-state index contributed by atoms with van der Waals surface area (Å²) >= 11 is -2.70. The molecule has 0 amide bonds. The first kappa shape index (κ1) is 11.6. The Labute approximate surface area is 55.8 Å². The Hall–Kier alpha value is -0.228. The van der Waals surface area contributed by atoms with E-state index in [2.05, 4.69) is 0 Å². The van der Waals surface area contributed by atoms with Gasteiger partial charge in [-0.15, -0.1) is 0 Å². The Morgan fingerprint density at radius 1 is 1.11 bits per heavy atom. The zero-order chi connectivity index (χ0) is 8.08. The second kappa shape index (κ2) is 4.63. The van der Waals surface area contributed by atoms with E-state index in [0.29, 0.717) is 0 Å². The molecule has 62 valence electrons. The molecule has 0 radical (unpaired) electrons. The second-order valence-corrected chi connectivity index (χ2v) is 4.02. The molecule has 0 atom stereocenters. The van der Waals surface area contributed by atoms with Gasteiger partial charge in [0.1, 0.15) is 0 Å². The van der Waals surface area contributed by atoms with E-state index in [1.54, 1.807) is 0 Å². The third kappa shape index (κ3) is 5000. The summed E-state index contributed by atoms with van der Waals surface area (Å²) in [4.78, 5) is 8.56. The van der Waals surface area contributed by atoms with Crippen molar-refractivity contribution in [3.8, 4) is 0 Å². The molecular formula is CH10N4O3Pd. The molecule has 0 heterocycles. The molecule has 0 bridgehead atoms. The minimum atomic E-state index is -2.70. The van der Waals surface area contributed by atoms with Crippen molar-refractivity contribution in [1.29, 1.82) is 0 Å². The van der Waals surface area contributed by atoms with Crippen molar-refractivity contribution >= 4 is 6.16 Å². The monoisotopic (exact) mass is 232 g/mol. The number of hydrogen-bond acceptors (Lipinski definition) is 5. The molecule has 0 spiro atoms. The van der Waals surface area contributed by atoms with E-state index in [9.17, 15) is 0 Å². The Balaban J connectivity index is 0. The van der Waals surface area contributed by atoms with Crippen LogP contribution < -0.4 is 17.5 Å². The van der Waals surface area contributed by atoms with Gasteiger partial charge in [0.15, 0.2) is 0 Å². The van der Waals surface area contributed by atoms with Gasteiger partial charge in [-0.05, 0) is 0 Å². The predicted octanol–water partition coefficient (Wildman–Crippen LogP) is -2.14. The van der Waals surface area contributed by atoms with Crippen LogP contribution in [0, 0.1) is 0 Å². The molecule has 9 heavy (non-hydrogen) atoms. The van der Waals surface area contributed by atoms with E-state index in [1.807, 2.05) is 0 Å². The summed E-state index contributed by atoms with van der Waals surface area (Å²) < 4.78 is 19.4. The first-order valence-corrected chi connectivity index (χ1v) is 4.97. The Morgan fingerprint density at radius 2 is 1.11 bits per heavy atom. The molecule has 0 aromatic rings. The summed E-state index contributed by atoms with van der Waals surface area (Å²) in [5.41, 5.74) is 0. The van der Waals surface area contributed by atoms with Crippen LogP contribution in [0.2, 0.25) is 0 Å². The number of rotatable bonds is 0. The Kier molecular flexibility index (Phi) is 5.95. The minimum absolute atomic E-state index is 1.83. The van der Waals surface area contributed by atoms with Crippen molar-refractivity contribution in [3.05, 3.63) is 0 Å². The molecule has 0 aliphatic heterocycles. The van der Waals surface area contributed by atoms with Crippen LogP contribution in [-0.4, -0.2) is 16.4 Å². The topological polar surface area (TPSA) is 162 Å². The zero-order valence-electron chi connectivity index (χ0n) is 4.43. The van der Waals surface area contributed by atoms with Gasteiger partial charge in [-0.25, -0.2) is 4.79 Å². The van der Waals surface area contributed by atoms with Gasteiger partial charge in [-0.2, -0.15) is 0 Å². The van der Waals surface area contributed by atoms with E-state index in [4.69, 9.17) is 32.5 Å². The fourth-order valence-electron chi connectivity index (χ4n) is 0. The average Bonchev–Trinajstić information content (AvgIpc) is 1.19. The molecule has 0 aromatic heterocycles. The van der Waals surface area contributed by atoms with E-state index in [-0.39, 0.29) is 0 Å². The van der Waals surface area contributed by atoms with Gasteiger partial charge in [-0.1, -0.05) is 0 Å². The molecule has 0 aliphatic rings. The van der Waals surface area contributed by atoms with Crippen molar-refractivity contribution in [2.45, 2.75) is 0 Å². The molecule has 0 fully saturated rings. The van der Waals surface area contributed by atoms with Crippen LogP contribution in [0.1, 0.15) is 0 Å². The molecule has 0 unspecified atom stereocenters. The molecule has 10 N–H and O–H groups in total. The average molecular weight is 233 g/mol. The molecule has 0 aliphatic carbocycles. The molecule has 0 saturated carbocycles. The predicted molar refractivity (Wildman–Crippen MR) is 27.4 cm³/mol. The van der Waals surface area contributed by atoms with Gasteiger partial charge in [-0.3, -0.25) is 0 Å². The second-order valence-electron chi connectivity index (χ2n) is 0.915. The fraction of sp³-hybridized carbons (Fsp3) is 0. The van der Waals surface area contributed by atoms with Crippen molar-refractivity contribution in [2.24, 2.45) is 17.5 Å². The van der Waals surface area contributed by atoms with Crippen LogP contribution in [-0.2, 0) is 16.5 Å². The third-order valence-corrected chi connectivity index (χ3v) is 0. The first-order chi connectivity index (χ1) is 3.73. The van der Waals surface area contributed by atoms with Crippen LogP contribution in [0.4, 0.5) is 4.79 Å². The molecule has 0 aromatic carbocycles. The zero-order valence-corrected chi connectivity index (χ0v) is 5.98. The van der Waals surface area contributed by atoms with Crippen LogP contribution in [0.3, 0.4) is 0 Å². The first-order valence-electron chi connectivity index (χ1n) is 1.38. The number of carbonyl (C=O) groups is 1. The SMILES string of the molecule is O=C(O)O.[NH2][Pd]([NH2])([NH2])[NH2]. The van der Waals surface area contributed by atoms with Crippen LogP contribution in [0.25, 0.3) is 0 Å². The fourth-order valence-corrected chi connectivity index (χ4v) is 0. The van der Waals surface area contributed by atoms with Crippen molar-refractivity contribution < 1.29 is 31.5 Å². The molecule has 0 saturated heterocycles. The summed E-state index contributed by atoms with van der Waals surface area (Å²) in [6.45, 7) is 0. The summed E-state index contributed by atoms with van der Waals surface area (Å²) in [5, 5.41) is 13.9. The van der Waals surface area contributed by atoms with E-state index in [1.165, 1.54) is 0 Å². The maximum absolute atomic E-state index is 8.56. The molecule has 8 heteroatoms. The Bertz CT molecular complexity index is 78.3. The number of hydrogen-bond donors (Lipinski definition) is 6. The molecule has 7 nitrogen and oxygen atoms in total. The number of carboxylic acid groups (broad SMARTS) is 2. The molecule has 0 rings (SSSR count). The number of nitrogens with two attached hydrogens (primary N) is 4. The van der Waals surface area contributed by atoms with Gasteiger partial charge in [0.2, 0.25) is 0 Å². The van der Waals surface area contributed by atoms with Gasteiger partial charge >= 0.3 is 40.1 Å². The molecular weight excluding hydrogens is 222 g/mol.